The van der Waals surface area contributed by atoms with Crippen molar-refractivity contribution in [2.45, 2.75) is 6.92 Å². The Labute approximate surface area is 117 Å². The van der Waals surface area contributed by atoms with Crippen molar-refractivity contribution in [3.8, 4) is 17.0 Å². The highest BCUT2D eigenvalue weighted by molar-refractivity contribution is 6.03. The van der Waals surface area contributed by atoms with E-state index in [2.05, 4.69) is 15.2 Å². The molecule has 0 atom stereocenters. The molecule has 0 radical (unpaired) electrons. The summed E-state index contributed by atoms with van der Waals surface area (Å²) in [5.41, 5.74) is 1.52. The minimum absolute atomic E-state index is 0.0368. The second-order valence-electron chi connectivity index (χ2n) is 4.56. The Bertz CT molecular complexity index is 873. The molecule has 0 fully saturated rings. The zero-order chi connectivity index (χ0) is 15.1. The van der Waals surface area contributed by atoms with E-state index in [1.54, 1.807) is 6.92 Å². The first-order valence-corrected chi connectivity index (χ1v) is 6.05. The molecular formula is C14H10FN3O3. The molecule has 0 aliphatic heterocycles. The standard InChI is InChI=1S/C14H10FN3O3/c1-6-12-8(14(20)21)5-10(16-13(12)18-17-6)7-2-3-11(19)9(15)4-7/h2-5,19H,1H3,(H,20,21)(H,16,17,18). The van der Waals surface area contributed by atoms with Gasteiger partial charge in [-0.3, -0.25) is 5.10 Å². The van der Waals surface area contributed by atoms with Gasteiger partial charge in [-0.2, -0.15) is 5.10 Å². The fraction of sp³-hybridized carbons (Fsp3) is 0.0714. The van der Waals surface area contributed by atoms with Crippen LogP contribution in [0.2, 0.25) is 0 Å². The van der Waals surface area contributed by atoms with E-state index in [-0.39, 0.29) is 11.3 Å². The van der Waals surface area contributed by atoms with Gasteiger partial charge in [0.25, 0.3) is 0 Å². The SMILES string of the molecule is Cc1n[nH]c2nc(-c3ccc(O)c(F)c3)cc(C(=O)O)c12. The van der Waals surface area contributed by atoms with Crippen molar-refractivity contribution in [1.82, 2.24) is 15.2 Å². The predicted molar refractivity (Wildman–Crippen MR) is 72.6 cm³/mol. The molecule has 2 aromatic heterocycles. The summed E-state index contributed by atoms with van der Waals surface area (Å²) in [6.07, 6.45) is 0. The number of aromatic hydroxyl groups is 1. The first-order valence-electron chi connectivity index (χ1n) is 6.05. The number of nitrogens with one attached hydrogen (secondary N) is 1. The van der Waals surface area contributed by atoms with Crippen LogP contribution in [0.4, 0.5) is 4.39 Å². The van der Waals surface area contributed by atoms with Crippen LogP contribution in [0.1, 0.15) is 16.1 Å². The summed E-state index contributed by atoms with van der Waals surface area (Å²) < 4.78 is 13.4. The number of aromatic carboxylic acids is 1. The lowest BCUT2D eigenvalue weighted by Crippen LogP contribution is -2.00. The second-order valence-corrected chi connectivity index (χ2v) is 4.56. The lowest BCUT2D eigenvalue weighted by Gasteiger charge is -2.05. The normalized spacial score (nSPS) is 11.0. The summed E-state index contributed by atoms with van der Waals surface area (Å²) in [4.78, 5) is 15.6. The third-order valence-electron chi connectivity index (χ3n) is 3.18. The smallest absolute Gasteiger partial charge is 0.336 e. The number of phenolic OH excluding ortho intramolecular Hbond substituents is 1. The summed E-state index contributed by atoms with van der Waals surface area (Å²) in [6, 6.07) is 5.11. The molecule has 0 spiro atoms. The molecule has 21 heavy (non-hydrogen) atoms. The maximum atomic E-state index is 13.4. The number of hydrogen-bond acceptors (Lipinski definition) is 4. The van der Waals surface area contributed by atoms with Crippen LogP contribution in [-0.2, 0) is 0 Å². The van der Waals surface area contributed by atoms with Gasteiger partial charge in [0, 0.05) is 5.56 Å². The number of phenols is 1. The van der Waals surface area contributed by atoms with Gasteiger partial charge in [0.1, 0.15) is 0 Å². The van der Waals surface area contributed by atoms with Gasteiger partial charge in [0.2, 0.25) is 0 Å². The third kappa shape index (κ3) is 2.08. The number of carboxylic acid groups (broad SMARTS) is 1. The van der Waals surface area contributed by atoms with E-state index in [1.807, 2.05) is 0 Å². The Balaban J connectivity index is 2.28. The van der Waals surface area contributed by atoms with Crippen molar-refractivity contribution >= 4 is 17.0 Å². The first-order chi connectivity index (χ1) is 9.97. The Hall–Kier alpha value is -2.96. The van der Waals surface area contributed by atoms with E-state index in [9.17, 15) is 19.4 Å². The number of aromatic nitrogens is 3. The number of aromatic amines is 1. The molecule has 0 amide bonds. The number of aryl methyl sites for hydroxylation is 1. The maximum absolute atomic E-state index is 13.4. The minimum atomic E-state index is -1.12. The zero-order valence-electron chi connectivity index (χ0n) is 10.9. The van der Waals surface area contributed by atoms with E-state index in [0.29, 0.717) is 22.3 Å². The van der Waals surface area contributed by atoms with Gasteiger partial charge in [0.15, 0.2) is 17.2 Å². The van der Waals surface area contributed by atoms with Crippen LogP contribution >= 0.6 is 0 Å². The summed E-state index contributed by atoms with van der Waals surface area (Å²) in [5, 5.41) is 25.5. The van der Waals surface area contributed by atoms with E-state index >= 15 is 0 Å². The lowest BCUT2D eigenvalue weighted by molar-refractivity contribution is 0.0699. The number of fused-ring (bicyclic) bond motifs is 1. The van der Waals surface area contributed by atoms with E-state index in [4.69, 9.17) is 0 Å². The van der Waals surface area contributed by atoms with E-state index < -0.39 is 17.5 Å². The van der Waals surface area contributed by atoms with Crippen LogP contribution in [0.25, 0.3) is 22.3 Å². The molecule has 0 aliphatic carbocycles. The van der Waals surface area contributed by atoms with E-state index in [0.717, 1.165) is 6.07 Å². The zero-order valence-corrected chi connectivity index (χ0v) is 10.9. The average Bonchev–Trinajstić information content (AvgIpc) is 2.82. The molecule has 0 bridgehead atoms. The minimum Gasteiger partial charge on any atom is -0.505 e. The molecular weight excluding hydrogens is 277 g/mol. The number of H-pyrrole nitrogens is 1. The fourth-order valence-electron chi connectivity index (χ4n) is 2.17. The topological polar surface area (TPSA) is 99.1 Å². The van der Waals surface area contributed by atoms with Gasteiger partial charge < -0.3 is 10.2 Å². The molecule has 6 nitrogen and oxygen atoms in total. The third-order valence-corrected chi connectivity index (χ3v) is 3.18. The first kappa shape index (κ1) is 13.0. The number of carboxylic acids is 1. The van der Waals surface area contributed by atoms with Crippen LogP contribution in [0.15, 0.2) is 24.3 Å². The lowest BCUT2D eigenvalue weighted by atomic mass is 10.1. The molecule has 106 valence electrons. The molecule has 7 heteroatoms. The number of pyridine rings is 1. The van der Waals surface area contributed by atoms with Gasteiger partial charge in [-0.05, 0) is 31.2 Å². The van der Waals surface area contributed by atoms with Crippen LogP contribution in [-0.4, -0.2) is 31.4 Å². The Morgan fingerprint density at radius 3 is 2.76 bits per heavy atom. The van der Waals surface area contributed by atoms with Crippen molar-refractivity contribution in [3.05, 3.63) is 41.3 Å². The maximum Gasteiger partial charge on any atom is 0.336 e. The predicted octanol–water partition coefficient (Wildman–Crippen LogP) is 2.48. The van der Waals surface area contributed by atoms with Gasteiger partial charge in [-0.1, -0.05) is 0 Å². The Morgan fingerprint density at radius 1 is 1.33 bits per heavy atom. The summed E-state index contributed by atoms with van der Waals surface area (Å²) in [5.74, 6) is -2.39. The molecule has 0 saturated carbocycles. The van der Waals surface area contributed by atoms with E-state index in [1.165, 1.54) is 18.2 Å². The second kappa shape index (κ2) is 4.55. The highest BCUT2D eigenvalue weighted by Crippen LogP contribution is 2.28. The van der Waals surface area contributed by atoms with Crippen LogP contribution in [0.3, 0.4) is 0 Å². The van der Waals surface area contributed by atoms with Crippen LogP contribution in [0.5, 0.6) is 5.75 Å². The number of nitrogens with zero attached hydrogens (tertiary/aromatic N) is 2. The van der Waals surface area contributed by atoms with Gasteiger partial charge in [-0.25, -0.2) is 14.2 Å². The average molecular weight is 287 g/mol. The number of hydrogen-bond donors (Lipinski definition) is 3. The molecule has 3 rings (SSSR count). The van der Waals surface area contributed by atoms with Crippen LogP contribution < -0.4 is 0 Å². The Kier molecular flexibility index (Phi) is 2.83. The molecule has 0 aliphatic rings. The Morgan fingerprint density at radius 2 is 2.10 bits per heavy atom. The molecule has 0 unspecified atom stereocenters. The highest BCUT2D eigenvalue weighted by atomic mass is 19.1. The van der Waals surface area contributed by atoms with Crippen molar-refractivity contribution < 1.29 is 19.4 Å². The fourth-order valence-corrected chi connectivity index (χ4v) is 2.17. The molecule has 3 aromatic rings. The number of rotatable bonds is 2. The molecule has 0 saturated heterocycles. The summed E-state index contributed by atoms with van der Waals surface area (Å²) in [7, 11) is 0. The molecule has 3 N–H and O–H groups in total. The van der Waals surface area contributed by atoms with Crippen molar-refractivity contribution in [2.24, 2.45) is 0 Å². The number of benzene rings is 1. The van der Waals surface area contributed by atoms with Crippen molar-refractivity contribution in [3.63, 3.8) is 0 Å². The highest BCUT2D eigenvalue weighted by Gasteiger charge is 2.17. The van der Waals surface area contributed by atoms with Crippen LogP contribution in [0, 0.1) is 12.7 Å². The summed E-state index contributed by atoms with van der Waals surface area (Å²) >= 11 is 0. The van der Waals surface area contributed by atoms with Gasteiger partial charge in [-0.15, -0.1) is 0 Å². The quantitative estimate of drug-likeness (QED) is 0.672. The van der Waals surface area contributed by atoms with Gasteiger partial charge in [0.05, 0.1) is 22.3 Å². The summed E-state index contributed by atoms with van der Waals surface area (Å²) in [6.45, 7) is 1.67. The molecule has 1 aromatic carbocycles. The largest absolute Gasteiger partial charge is 0.505 e. The van der Waals surface area contributed by atoms with Crippen molar-refractivity contribution in [1.29, 1.82) is 0 Å². The van der Waals surface area contributed by atoms with Gasteiger partial charge >= 0.3 is 5.97 Å². The number of carbonyl (C=O) groups is 1. The number of halogens is 1. The van der Waals surface area contributed by atoms with Crippen molar-refractivity contribution in [2.75, 3.05) is 0 Å². The molecule has 2 heterocycles. The monoisotopic (exact) mass is 287 g/mol.